The fourth-order valence-electron chi connectivity index (χ4n) is 10.4. The van der Waals surface area contributed by atoms with E-state index in [-0.39, 0.29) is 51.8 Å². The Morgan fingerprint density at radius 2 is 1.18 bits per heavy atom. The first kappa shape index (κ1) is 54.5. The molecule has 4 aliphatic heterocycles. The van der Waals surface area contributed by atoms with Crippen LogP contribution >= 0.6 is 0 Å². The molecule has 4 aromatic carbocycles. The number of carboxylic acids is 1. The highest BCUT2D eigenvalue weighted by Crippen LogP contribution is 2.47. The Morgan fingerprint density at radius 1 is 0.671 bits per heavy atom. The number of hydrogen-bond donors (Lipinski definition) is 6. The summed E-state index contributed by atoms with van der Waals surface area (Å²) in [7, 11) is 3.01. The van der Waals surface area contributed by atoms with E-state index in [9.17, 15) is 38.4 Å². The van der Waals surface area contributed by atoms with E-state index in [0.29, 0.717) is 59.3 Å². The molecule has 388 valence electrons. The van der Waals surface area contributed by atoms with Crippen LogP contribution in [-0.2, 0) is 52.7 Å². The van der Waals surface area contributed by atoms with Crippen molar-refractivity contribution in [2.24, 2.45) is 0 Å². The van der Waals surface area contributed by atoms with Gasteiger partial charge >= 0.3 is 30.2 Å². The molecule has 2 aliphatic carbocycles. The maximum Gasteiger partial charge on any atom is 0.418 e. The zero-order chi connectivity index (χ0) is 50.6. The molecule has 0 radical (unpaired) electrons. The summed E-state index contributed by atoms with van der Waals surface area (Å²) in [6.07, 6.45) is 4.10. The van der Waals surface area contributed by atoms with Crippen LogP contribution in [0.1, 0.15) is 110 Å². The minimum Gasteiger partial charge on any atom is -0.480 e. The molecule has 0 aromatic heterocycles. The molecular formula is C54H66N8O11. The Labute approximate surface area is 425 Å². The number of urea groups is 2. The summed E-state index contributed by atoms with van der Waals surface area (Å²) in [5.74, 6) is -2.73. The average Bonchev–Trinajstić information content (AvgIpc) is 4.23. The predicted octanol–water partition coefficient (Wildman–Crippen LogP) is 7.56. The smallest absolute Gasteiger partial charge is 0.418 e. The number of aryl methyl sites for hydroxylation is 4. The summed E-state index contributed by atoms with van der Waals surface area (Å²) in [6.45, 7) is 4.86. The zero-order valence-electron chi connectivity index (χ0n) is 40.1. The molecule has 0 bridgehead atoms. The highest BCUT2D eigenvalue weighted by Gasteiger charge is 2.60. The van der Waals surface area contributed by atoms with Crippen LogP contribution in [0.15, 0.2) is 84.9 Å². The number of aliphatic carboxylic acids is 1. The number of carbonyl (C=O) groups excluding carboxylic acids is 7. The van der Waals surface area contributed by atoms with Gasteiger partial charge in [-0.1, -0.05) is 86.6 Å². The monoisotopic (exact) mass is 1000 g/mol. The van der Waals surface area contributed by atoms with Crippen molar-refractivity contribution < 1.29 is 52.9 Å². The molecule has 4 fully saturated rings. The van der Waals surface area contributed by atoms with E-state index >= 15 is 0 Å². The molecule has 4 atom stereocenters. The standard InChI is InChI=1S/C26H28N4O5.C15H15N3O6.C11H15N.2CH4/c1-16-5-3-6-18(13-16)21-7-4-12-29(21)22(31)15-30-23(32)26(35-25(30)34)11-10-17-14-19(8-9-20(17)26)28-24(33)27-2;1-16-13(22)17-9-2-3-10-8(6-9)4-5-15(10)12(21)18(7-11(19)20)14(23)24-15;1-9-4-2-5-10(8-9)11-6-3-7-12-11;;/h3,5-6,8-9,13-14,21H,4,7,10-12,15H2,1-2H3,(H2,27,28,33);2-3,6H,4-5,7H2,1H3,(H,19,20)(H2,16,17,22);2,4-5,8,11-12H,3,6-7H2,1H3;2*1H4/t21?,26-;15-;;;/m11.../s1. The van der Waals surface area contributed by atoms with Crippen LogP contribution in [0.4, 0.5) is 30.6 Å². The fourth-order valence-corrected chi connectivity index (χ4v) is 10.4. The van der Waals surface area contributed by atoms with Crippen LogP contribution in [0.25, 0.3) is 0 Å². The quantitative estimate of drug-likeness (QED) is 0.100. The summed E-state index contributed by atoms with van der Waals surface area (Å²) >= 11 is 0. The zero-order valence-corrected chi connectivity index (χ0v) is 40.1. The largest absolute Gasteiger partial charge is 0.480 e. The molecule has 4 saturated heterocycles. The van der Waals surface area contributed by atoms with E-state index in [2.05, 4.69) is 63.8 Å². The number of rotatable bonds is 8. The lowest BCUT2D eigenvalue weighted by Gasteiger charge is -2.27. The molecule has 2 spiro atoms. The number of nitrogens with zero attached hydrogens (tertiary/aromatic N) is 3. The van der Waals surface area contributed by atoms with Gasteiger partial charge in [0.25, 0.3) is 11.8 Å². The van der Waals surface area contributed by atoms with Gasteiger partial charge in [0.05, 0.1) is 6.04 Å². The first-order valence-electron chi connectivity index (χ1n) is 23.8. The summed E-state index contributed by atoms with van der Waals surface area (Å²) in [4.78, 5) is 101. The van der Waals surface area contributed by atoms with Crippen molar-refractivity contribution in [3.8, 4) is 0 Å². The number of hydrogen-bond acceptors (Lipinski definition) is 11. The highest BCUT2D eigenvalue weighted by atomic mass is 16.6. The second-order valence-electron chi connectivity index (χ2n) is 18.4. The Balaban J connectivity index is 0.000000197. The van der Waals surface area contributed by atoms with Gasteiger partial charge in [0.2, 0.25) is 17.1 Å². The molecule has 0 saturated carbocycles. The highest BCUT2D eigenvalue weighted by molar-refractivity contribution is 6.07. The Kier molecular flexibility index (Phi) is 17.0. The number of nitrogens with one attached hydrogen (secondary N) is 5. The van der Waals surface area contributed by atoms with Crippen molar-refractivity contribution >= 4 is 59.3 Å². The van der Waals surface area contributed by atoms with Crippen molar-refractivity contribution in [3.63, 3.8) is 0 Å². The van der Waals surface area contributed by atoms with Gasteiger partial charge in [0.1, 0.15) is 13.1 Å². The lowest BCUT2D eigenvalue weighted by molar-refractivity contribution is -0.144. The van der Waals surface area contributed by atoms with E-state index < -0.39 is 47.7 Å². The van der Waals surface area contributed by atoms with Gasteiger partial charge in [-0.2, -0.15) is 0 Å². The Hall–Kier alpha value is -7.80. The van der Waals surface area contributed by atoms with Crippen LogP contribution < -0.4 is 26.6 Å². The number of fused-ring (bicyclic) bond motifs is 4. The molecule has 4 heterocycles. The SMILES string of the molecule is C.C.CNC(=O)Nc1ccc2c(c1)CC[C@@]21OC(=O)N(CC(=O)N2CCCC2c2cccc(C)c2)C1=O.CNC(=O)Nc1ccc2c(c1)CC[C@@]21OC(=O)N(CC(=O)O)C1=O.Cc1cccc(C2CCCN2)c1. The third kappa shape index (κ3) is 11.2. The lowest BCUT2D eigenvalue weighted by atomic mass is 9.94. The van der Waals surface area contributed by atoms with Crippen LogP contribution in [0.2, 0.25) is 0 Å². The van der Waals surface area contributed by atoms with Crippen molar-refractivity contribution in [1.29, 1.82) is 0 Å². The number of imide groups is 2. The molecular weight excluding hydrogens is 937 g/mol. The minimum atomic E-state index is -1.46. The van der Waals surface area contributed by atoms with Crippen molar-refractivity contribution in [2.75, 3.05) is 50.9 Å². The van der Waals surface area contributed by atoms with E-state index in [1.165, 1.54) is 44.6 Å². The van der Waals surface area contributed by atoms with Crippen LogP contribution in [0, 0.1) is 13.8 Å². The topological polar surface area (TPSA) is 245 Å². The van der Waals surface area contributed by atoms with E-state index in [1.54, 1.807) is 41.3 Å². The van der Waals surface area contributed by atoms with Gasteiger partial charge in [0.15, 0.2) is 0 Å². The molecule has 2 unspecified atom stereocenters. The fraction of sp³-hybridized carbons (Fsp3) is 0.407. The van der Waals surface area contributed by atoms with Crippen molar-refractivity contribution in [1.82, 2.24) is 30.7 Å². The third-order valence-electron chi connectivity index (χ3n) is 13.8. The Bertz CT molecular complexity index is 2800. The number of ether oxygens (including phenoxy) is 2. The van der Waals surface area contributed by atoms with Gasteiger partial charge < -0.3 is 46.1 Å². The molecule has 4 aromatic rings. The summed E-state index contributed by atoms with van der Waals surface area (Å²) in [6, 6.07) is 26.8. The number of amides is 9. The first-order valence-corrected chi connectivity index (χ1v) is 23.8. The average molecular weight is 1000 g/mol. The van der Waals surface area contributed by atoms with Crippen molar-refractivity contribution in [2.45, 2.75) is 103 Å². The lowest BCUT2D eigenvalue weighted by Crippen LogP contribution is -2.44. The molecule has 19 heteroatoms. The third-order valence-corrected chi connectivity index (χ3v) is 13.8. The molecule has 73 heavy (non-hydrogen) atoms. The van der Waals surface area contributed by atoms with E-state index in [4.69, 9.17) is 14.6 Å². The van der Waals surface area contributed by atoms with Gasteiger partial charge in [0, 0.05) is 62.0 Å². The minimum absolute atomic E-state index is 0. The van der Waals surface area contributed by atoms with Crippen LogP contribution in [-0.4, -0.2) is 108 Å². The maximum absolute atomic E-state index is 13.5. The van der Waals surface area contributed by atoms with Gasteiger partial charge in [-0.25, -0.2) is 29.0 Å². The summed E-state index contributed by atoms with van der Waals surface area (Å²) in [5, 5.41) is 22.6. The molecule has 6 N–H and O–H groups in total. The van der Waals surface area contributed by atoms with Crippen LogP contribution in [0.5, 0.6) is 0 Å². The first-order chi connectivity index (χ1) is 34.0. The number of carbonyl (C=O) groups is 8. The molecule has 10 rings (SSSR count). The number of anilines is 2. The maximum atomic E-state index is 13.5. The van der Waals surface area contributed by atoms with Crippen molar-refractivity contribution in [3.05, 3.63) is 129 Å². The van der Waals surface area contributed by atoms with E-state index in [0.717, 1.165) is 40.0 Å². The number of likely N-dealkylation sites (tertiary alicyclic amines) is 1. The normalized spacial score (nSPS) is 21.9. The Morgan fingerprint density at radius 3 is 1.66 bits per heavy atom. The number of benzene rings is 4. The summed E-state index contributed by atoms with van der Waals surface area (Å²) in [5.41, 5.74) is 5.96. The second-order valence-corrected chi connectivity index (χ2v) is 18.4. The number of carboxylic acid groups (broad SMARTS) is 1. The van der Waals surface area contributed by atoms with Gasteiger partial charge in [-0.15, -0.1) is 0 Å². The predicted molar refractivity (Wildman–Crippen MR) is 273 cm³/mol. The summed E-state index contributed by atoms with van der Waals surface area (Å²) < 4.78 is 10.9. The van der Waals surface area contributed by atoms with Gasteiger partial charge in [-0.3, -0.25) is 19.2 Å². The second kappa shape index (κ2) is 22.7. The molecule has 9 amide bonds. The molecule has 6 aliphatic rings. The van der Waals surface area contributed by atoms with E-state index in [1.807, 2.05) is 25.1 Å². The van der Waals surface area contributed by atoms with Gasteiger partial charge in [-0.05, 0) is 105 Å². The van der Waals surface area contributed by atoms with Crippen LogP contribution in [0.3, 0.4) is 0 Å². The molecule has 19 nitrogen and oxygen atoms in total.